The van der Waals surface area contributed by atoms with Crippen molar-refractivity contribution in [2.45, 2.75) is 13.8 Å². The molecule has 2 heterocycles. The number of aryl methyl sites for hydroxylation is 1. The van der Waals surface area contributed by atoms with E-state index in [0.29, 0.717) is 23.1 Å². The molecular formula is C18H19BrN6. The first-order valence-corrected chi connectivity index (χ1v) is 8.71. The number of hydrogen-bond acceptors (Lipinski definition) is 6. The number of halogens is 1. The Morgan fingerprint density at radius 1 is 1.16 bits per heavy atom. The van der Waals surface area contributed by atoms with Crippen molar-refractivity contribution in [2.75, 3.05) is 22.5 Å². The lowest BCUT2D eigenvalue weighted by Crippen LogP contribution is -2.20. The summed E-state index contributed by atoms with van der Waals surface area (Å²) in [4.78, 5) is 15.0. The molecule has 2 aromatic heterocycles. The Bertz CT molecular complexity index is 866. The predicted octanol–water partition coefficient (Wildman–Crippen LogP) is 4.43. The van der Waals surface area contributed by atoms with E-state index >= 15 is 0 Å². The van der Waals surface area contributed by atoms with E-state index in [2.05, 4.69) is 67.1 Å². The van der Waals surface area contributed by atoms with Gasteiger partial charge in [-0.25, -0.2) is 15.0 Å². The Morgan fingerprint density at radius 2 is 2.00 bits per heavy atom. The number of aromatic nitrogens is 3. The first-order chi connectivity index (χ1) is 12.1. The summed E-state index contributed by atoms with van der Waals surface area (Å²) >= 11 is 3.37. The second kappa shape index (κ2) is 7.48. The van der Waals surface area contributed by atoms with Crippen LogP contribution in [0.5, 0.6) is 0 Å². The highest BCUT2D eigenvalue weighted by Gasteiger charge is 2.16. The van der Waals surface area contributed by atoms with Crippen molar-refractivity contribution in [3.8, 4) is 0 Å². The largest absolute Gasteiger partial charge is 0.393 e. The standard InChI is InChI=1S/C18H19BrN6/c1-3-25(14-6-4-5-12(2)9-14)18-16(20)17(22-11-23-18)24-15-8-7-13(19)10-21-15/h4-11H,3,20H2,1-2H3,(H,21,22,23,24). The molecule has 0 aliphatic carbocycles. The molecule has 7 heteroatoms. The number of benzene rings is 1. The Hall–Kier alpha value is -2.67. The van der Waals surface area contributed by atoms with Crippen molar-refractivity contribution >= 4 is 44.8 Å². The van der Waals surface area contributed by atoms with Crippen molar-refractivity contribution in [1.29, 1.82) is 0 Å². The molecule has 3 aromatic rings. The minimum atomic E-state index is 0.482. The van der Waals surface area contributed by atoms with Crippen LogP contribution < -0.4 is 16.0 Å². The van der Waals surface area contributed by atoms with Crippen LogP contribution in [-0.4, -0.2) is 21.5 Å². The molecule has 3 rings (SSSR count). The zero-order valence-corrected chi connectivity index (χ0v) is 15.7. The maximum Gasteiger partial charge on any atom is 0.161 e. The number of anilines is 5. The van der Waals surface area contributed by atoms with Crippen LogP contribution in [-0.2, 0) is 0 Å². The Labute approximate surface area is 155 Å². The van der Waals surface area contributed by atoms with Gasteiger partial charge in [-0.3, -0.25) is 0 Å². The van der Waals surface area contributed by atoms with Crippen molar-refractivity contribution in [3.63, 3.8) is 0 Å². The van der Waals surface area contributed by atoms with Gasteiger partial charge in [-0.15, -0.1) is 0 Å². The molecule has 0 amide bonds. The van der Waals surface area contributed by atoms with Crippen molar-refractivity contribution in [2.24, 2.45) is 0 Å². The summed E-state index contributed by atoms with van der Waals surface area (Å²) in [5, 5.41) is 3.15. The number of hydrogen-bond donors (Lipinski definition) is 2. The maximum absolute atomic E-state index is 6.35. The summed E-state index contributed by atoms with van der Waals surface area (Å²) in [6.45, 7) is 4.86. The molecule has 0 unspecified atom stereocenters. The maximum atomic E-state index is 6.35. The monoisotopic (exact) mass is 398 g/mol. The van der Waals surface area contributed by atoms with Crippen LogP contribution in [0.25, 0.3) is 0 Å². The molecule has 0 aliphatic heterocycles. The molecule has 0 fully saturated rings. The zero-order chi connectivity index (χ0) is 17.8. The lowest BCUT2D eigenvalue weighted by Gasteiger charge is -2.24. The number of nitrogen functional groups attached to an aromatic ring is 1. The van der Waals surface area contributed by atoms with Crippen LogP contribution in [0.2, 0.25) is 0 Å². The summed E-state index contributed by atoms with van der Waals surface area (Å²) < 4.78 is 0.908. The van der Waals surface area contributed by atoms with Crippen molar-refractivity contribution in [1.82, 2.24) is 15.0 Å². The number of nitrogens with one attached hydrogen (secondary N) is 1. The summed E-state index contributed by atoms with van der Waals surface area (Å²) in [6.07, 6.45) is 3.22. The van der Waals surface area contributed by atoms with Crippen LogP contribution in [0.4, 0.5) is 28.8 Å². The minimum absolute atomic E-state index is 0.482. The van der Waals surface area contributed by atoms with Gasteiger partial charge in [0.2, 0.25) is 0 Å². The molecule has 0 saturated heterocycles. The average Bonchev–Trinajstić information content (AvgIpc) is 2.61. The summed E-state index contributed by atoms with van der Waals surface area (Å²) in [5.74, 6) is 1.87. The molecule has 25 heavy (non-hydrogen) atoms. The van der Waals surface area contributed by atoms with Gasteiger partial charge < -0.3 is 16.0 Å². The van der Waals surface area contributed by atoms with E-state index in [9.17, 15) is 0 Å². The third-order valence-electron chi connectivity index (χ3n) is 3.72. The fourth-order valence-electron chi connectivity index (χ4n) is 2.52. The molecule has 0 radical (unpaired) electrons. The molecule has 1 aromatic carbocycles. The predicted molar refractivity (Wildman–Crippen MR) is 106 cm³/mol. The molecule has 6 nitrogen and oxygen atoms in total. The van der Waals surface area contributed by atoms with Gasteiger partial charge in [0, 0.05) is 22.9 Å². The molecule has 0 saturated carbocycles. The molecule has 0 atom stereocenters. The minimum Gasteiger partial charge on any atom is -0.393 e. The van der Waals surface area contributed by atoms with E-state index in [1.807, 2.05) is 24.3 Å². The first kappa shape index (κ1) is 17.2. The zero-order valence-electron chi connectivity index (χ0n) is 14.1. The van der Waals surface area contributed by atoms with Gasteiger partial charge in [-0.2, -0.15) is 0 Å². The smallest absolute Gasteiger partial charge is 0.161 e. The molecule has 0 spiro atoms. The number of nitrogens with zero attached hydrogens (tertiary/aromatic N) is 4. The summed E-state index contributed by atoms with van der Waals surface area (Å²) in [6, 6.07) is 12.0. The first-order valence-electron chi connectivity index (χ1n) is 7.91. The summed E-state index contributed by atoms with van der Waals surface area (Å²) in [7, 11) is 0. The average molecular weight is 399 g/mol. The summed E-state index contributed by atoms with van der Waals surface area (Å²) in [5.41, 5.74) is 9.05. The van der Waals surface area contributed by atoms with Gasteiger partial charge in [0.25, 0.3) is 0 Å². The lowest BCUT2D eigenvalue weighted by atomic mass is 10.2. The highest BCUT2D eigenvalue weighted by atomic mass is 79.9. The van der Waals surface area contributed by atoms with Gasteiger partial charge >= 0.3 is 0 Å². The van der Waals surface area contributed by atoms with E-state index in [-0.39, 0.29) is 0 Å². The van der Waals surface area contributed by atoms with E-state index in [1.165, 1.54) is 11.9 Å². The molecule has 128 valence electrons. The molecule has 0 aliphatic rings. The van der Waals surface area contributed by atoms with Crippen LogP contribution >= 0.6 is 15.9 Å². The molecule has 0 bridgehead atoms. The van der Waals surface area contributed by atoms with Gasteiger partial charge in [0.1, 0.15) is 17.8 Å². The van der Waals surface area contributed by atoms with Crippen LogP contribution in [0.3, 0.4) is 0 Å². The van der Waals surface area contributed by atoms with E-state index in [1.54, 1.807) is 6.20 Å². The fourth-order valence-corrected chi connectivity index (χ4v) is 2.76. The van der Waals surface area contributed by atoms with E-state index < -0.39 is 0 Å². The van der Waals surface area contributed by atoms with Gasteiger partial charge in [-0.05, 0) is 59.6 Å². The Morgan fingerprint density at radius 3 is 2.68 bits per heavy atom. The third-order valence-corrected chi connectivity index (χ3v) is 4.19. The van der Waals surface area contributed by atoms with Crippen molar-refractivity contribution < 1.29 is 0 Å². The van der Waals surface area contributed by atoms with Gasteiger partial charge in [0.15, 0.2) is 11.6 Å². The topological polar surface area (TPSA) is 80.0 Å². The number of pyridine rings is 1. The van der Waals surface area contributed by atoms with Crippen molar-refractivity contribution in [3.05, 3.63) is 59.0 Å². The van der Waals surface area contributed by atoms with Gasteiger partial charge in [0.05, 0.1) is 0 Å². The Kier molecular flexibility index (Phi) is 5.14. The quantitative estimate of drug-likeness (QED) is 0.661. The Balaban J connectivity index is 1.95. The van der Waals surface area contributed by atoms with E-state index in [4.69, 9.17) is 5.73 Å². The lowest BCUT2D eigenvalue weighted by molar-refractivity contribution is 0.979. The second-order valence-electron chi connectivity index (χ2n) is 5.53. The van der Waals surface area contributed by atoms with Crippen LogP contribution in [0.1, 0.15) is 12.5 Å². The number of nitrogens with two attached hydrogens (primary N) is 1. The van der Waals surface area contributed by atoms with Crippen LogP contribution in [0.15, 0.2) is 53.4 Å². The molecule has 3 N–H and O–H groups in total. The third kappa shape index (κ3) is 3.88. The number of rotatable bonds is 5. The van der Waals surface area contributed by atoms with Gasteiger partial charge in [-0.1, -0.05) is 12.1 Å². The second-order valence-corrected chi connectivity index (χ2v) is 6.45. The highest BCUT2D eigenvalue weighted by Crippen LogP contribution is 2.32. The molecular weight excluding hydrogens is 380 g/mol. The van der Waals surface area contributed by atoms with Crippen LogP contribution in [0, 0.1) is 6.92 Å². The normalized spacial score (nSPS) is 10.5. The van der Waals surface area contributed by atoms with E-state index in [0.717, 1.165) is 16.7 Å². The fraction of sp³-hybridized carbons (Fsp3) is 0.167. The highest BCUT2D eigenvalue weighted by molar-refractivity contribution is 9.10. The SMILES string of the molecule is CCN(c1cccc(C)c1)c1ncnc(Nc2ccc(Br)cn2)c1N.